The van der Waals surface area contributed by atoms with E-state index >= 15 is 0 Å². The highest BCUT2D eigenvalue weighted by molar-refractivity contribution is 7.86. The summed E-state index contributed by atoms with van der Waals surface area (Å²) in [6.45, 7) is 0. The van der Waals surface area contributed by atoms with Gasteiger partial charge in [-0.1, -0.05) is 0 Å². The minimum absolute atomic E-state index is 0.277. The fourth-order valence-electron chi connectivity index (χ4n) is 3.15. The van der Waals surface area contributed by atoms with Crippen molar-refractivity contribution in [1.29, 1.82) is 0 Å². The van der Waals surface area contributed by atoms with Gasteiger partial charge in [0.2, 0.25) is 11.4 Å². The zero-order valence-corrected chi connectivity index (χ0v) is 18.0. The highest BCUT2D eigenvalue weighted by atomic mass is 32.2. The fourth-order valence-corrected chi connectivity index (χ4v) is 4.09. The number of pyridine rings is 2. The fraction of sp³-hybridized carbons (Fsp3) is 0. The standard InChI is InChI=1S/C22H16N2O6S2/c25-31(26,27)21-5-1-19(2-6-21)23-13-9-17(10-14-23)18-11-15-24(16-12-18)20-3-7-22(8-4-20)32(28,29)30/h1-16H. The minimum atomic E-state index is -4.48. The summed E-state index contributed by atoms with van der Waals surface area (Å²) in [7, 11) is -8.96. The molecule has 2 aromatic carbocycles. The second-order valence-corrected chi connectivity index (χ2v) is 9.64. The second-order valence-electron chi connectivity index (χ2n) is 6.88. The molecule has 0 radical (unpaired) electrons. The molecule has 0 N–H and O–H groups in total. The predicted molar refractivity (Wildman–Crippen MR) is 111 cm³/mol. The van der Waals surface area contributed by atoms with E-state index in [1.165, 1.54) is 24.3 Å². The molecule has 0 aliphatic rings. The molecule has 8 nitrogen and oxygen atoms in total. The average molecular weight is 469 g/mol. The van der Waals surface area contributed by atoms with E-state index in [0.717, 1.165) is 11.1 Å². The lowest BCUT2D eigenvalue weighted by molar-refractivity contribution is -0.596. The van der Waals surface area contributed by atoms with Crippen LogP contribution in [0.4, 0.5) is 0 Å². The highest BCUT2D eigenvalue weighted by Crippen LogP contribution is 2.17. The molecular weight excluding hydrogens is 452 g/mol. The number of aromatic nitrogens is 2. The van der Waals surface area contributed by atoms with Gasteiger partial charge in [-0.15, -0.1) is 0 Å². The van der Waals surface area contributed by atoms with Gasteiger partial charge in [-0.2, -0.15) is 9.13 Å². The third kappa shape index (κ3) is 4.73. The van der Waals surface area contributed by atoms with Crippen LogP contribution in [0.25, 0.3) is 22.5 Å². The van der Waals surface area contributed by atoms with Crippen LogP contribution in [-0.4, -0.2) is 25.9 Å². The lowest BCUT2D eigenvalue weighted by Crippen LogP contribution is -2.29. The van der Waals surface area contributed by atoms with Crippen LogP contribution in [0.3, 0.4) is 0 Å². The zero-order valence-electron chi connectivity index (χ0n) is 16.4. The van der Waals surface area contributed by atoms with Gasteiger partial charge >= 0.3 is 0 Å². The number of benzene rings is 2. The maximum absolute atomic E-state index is 11.1. The van der Waals surface area contributed by atoms with Gasteiger partial charge in [-0.05, 0) is 35.4 Å². The molecule has 0 spiro atoms. The summed E-state index contributed by atoms with van der Waals surface area (Å²) < 4.78 is 69.9. The number of hydrogen-bond donors (Lipinski definition) is 0. The van der Waals surface area contributed by atoms with Gasteiger partial charge in [-0.3, -0.25) is 0 Å². The van der Waals surface area contributed by atoms with Crippen LogP contribution in [0.5, 0.6) is 0 Å². The topological polar surface area (TPSA) is 122 Å². The Bertz CT molecular complexity index is 1350. The zero-order chi connectivity index (χ0) is 22.9. The van der Waals surface area contributed by atoms with E-state index in [1.807, 2.05) is 49.1 Å². The Balaban J connectivity index is 1.53. The smallest absolute Gasteiger partial charge is 0.210 e. The molecule has 162 valence electrons. The van der Waals surface area contributed by atoms with Crippen LogP contribution >= 0.6 is 0 Å². The third-order valence-electron chi connectivity index (χ3n) is 4.84. The van der Waals surface area contributed by atoms with Crippen molar-refractivity contribution in [1.82, 2.24) is 0 Å². The molecule has 0 unspecified atom stereocenters. The van der Waals surface area contributed by atoms with Gasteiger partial charge in [0.15, 0.2) is 24.8 Å². The lowest BCUT2D eigenvalue weighted by atomic mass is 10.1. The SMILES string of the molecule is O=S(=O)([O-])c1ccc(-[n+]2ccc(-c3cc[n+](-c4ccc(S(=O)(=O)[O-])cc4)cc3)cc2)cc1. The first-order valence-electron chi connectivity index (χ1n) is 9.27. The first-order chi connectivity index (χ1) is 15.1. The van der Waals surface area contributed by atoms with Gasteiger partial charge in [0, 0.05) is 48.5 Å². The summed E-state index contributed by atoms with van der Waals surface area (Å²) in [5.74, 6) is 0. The first kappa shape index (κ1) is 21.8. The van der Waals surface area contributed by atoms with Crippen molar-refractivity contribution in [3.8, 4) is 22.5 Å². The first-order valence-corrected chi connectivity index (χ1v) is 12.1. The van der Waals surface area contributed by atoms with E-state index in [9.17, 15) is 25.9 Å². The molecule has 0 saturated carbocycles. The van der Waals surface area contributed by atoms with E-state index in [-0.39, 0.29) is 9.79 Å². The molecule has 4 aromatic rings. The quantitative estimate of drug-likeness (QED) is 0.325. The summed E-state index contributed by atoms with van der Waals surface area (Å²) in [4.78, 5) is -0.555. The monoisotopic (exact) mass is 468 g/mol. The molecule has 4 rings (SSSR count). The van der Waals surface area contributed by atoms with Crippen LogP contribution in [0.1, 0.15) is 0 Å². The second kappa shape index (κ2) is 8.24. The Morgan fingerprint density at radius 2 is 0.750 bits per heavy atom. The van der Waals surface area contributed by atoms with Crippen LogP contribution in [0.2, 0.25) is 0 Å². The van der Waals surface area contributed by atoms with Crippen LogP contribution in [0.15, 0.2) is 107 Å². The summed E-state index contributed by atoms with van der Waals surface area (Å²) in [6.07, 6.45) is 7.27. The summed E-state index contributed by atoms with van der Waals surface area (Å²) in [5, 5.41) is 0. The van der Waals surface area contributed by atoms with Gasteiger partial charge in [0.25, 0.3) is 0 Å². The molecule has 0 fully saturated rings. The Morgan fingerprint density at radius 1 is 0.469 bits per heavy atom. The Morgan fingerprint density at radius 3 is 1.00 bits per heavy atom. The average Bonchev–Trinajstić information content (AvgIpc) is 2.78. The van der Waals surface area contributed by atoms with Crippen LogP contribution in [0, 0.1) is 0 Å². The van der Waals surface area contributed by atoms with E-state index < -0.39 is 20.2 Å². The minimum Gasteiger partial charge on any atom is -0.744 e. The Hall–Kier alpha value is -3.44. The van der Waals surface area contributed by atoms with Crippen molar-refractivity contribution in [2.45, 2.75) is 9.79 Å². The molecule has 0 saturated heterocycles. The van der Waals surface area contributed by atoms with Crippen LogP contribution in [-0.2, 0) is 20.2 Å². The molecule has 0 aliphatic carbocycles. The molecule has 0 atom stereocenters. The van der Waals surface area contributed by atoms with Crippen molar-refractivity contribution in [3.63, 3.8) is 0 Å². The van der Waals surface area contributed by atoms with Crippen molar-refractivity contribution in [3.05, 3.63) is 97.6 Å². The Kier molecular flexibility index (Phi) is 5.61. The molecular formula is C22H16N2O6S2. The van der Waals surface area contributed by atoms with Crippen molar-refractivity contribution >= 4 is 20.2 Å². The molecule has 10 heteroatoms. The van der Waals surface area contributed by atoms with Gasteiger partial charge in [0.1, 0.15) is 20.2 Å². The number of hydrogen-bond acceptors (Lipinski definition) is 6. The molecule has 2 aromatic heterocycles. The van der Waals surface area contributed by atoms with Gasteiger partial charge < -0.3 is 9.11 Å². The van der Waals surface area contributed by atoms with E-state index in [0.29, 0.717) is 11.4 Å². The van der Waals surface area contributed by atoms with E-state index in [1.54, 1.807) is 33.4 Å². The molecule has 0 amide bonds. The van der Waals surface area contributed by atoms with E-state index in [4.69, 9.17) is 0 Å². The molecule has 32 heavy (non-hydrogen) atoms. The maximum atomic E-state index is 11.1. The van der Waals surface area contributed by atoms with E-state index in [2.05, 4.69) is 0 Å². The normalized spacial score (nSPS) is 11.9. The van der Waals surface area contributed by atoms with Crippen LogP contribution < -0.4 is 9.13 Å². The number of rotatable bonds is 5. The lowest BCUT2D eigenvalue weighted by Gasteiger charge is -2.06. The summed E-state index contributed by atoms with van der Waals surface area (Å²) >= 11 is 0. The third-order valence-corrected chi connectivity index (χ3v) is 6.54. The molecule has 0 bridgehead atoms. The van der Waals surface area contributed by atoms with Crippen molar-refractivity contribution in [2.24, 2.45) is 0 Å². The van der Waals surface area contributed by atoms with Gasteiger partial charge in [-0.25, -0.2) is 16.8 Å². The summed E-state index contributed by atoms with van der Waals surface area (Å²) in [5.41, 5.74) is 3.30. The molecule has 0 aliphatic heterocycles. The highest BCUT2D eigenvalue weighted by Gasteiger charge is 2.11. The predicted octanol–water partition coefficient (Wildman–Crippen LogP) is 1.72. The maximum Gasteiger partial charge on any atom is 0.210 e. The Labute approximate surface area is 185 Å². The van der Waals surface area contributed by atoms with Crippen molar-refractivity contribution in [2.75, 3.05) is 0 Å². The number of nitrogens with zero attached hydrogens (tertiary/aromatic N) is 2. The van der Waals surface area contributed by atoms with Crippen molar-refractivity contribution < 1.29 is 35.1 Å². The molecule has 2 heterocycles. The van der Waals surface area contributed by atoms with Gasteiger partial charge in [0.05, 0.1) is 9.79 Å². The summed E-state index contributed by atoms with van der Waals surface area (Å²) in [6, 6.07) is 18.9. The largest absolute Gasteiger partial charge is 0.744 e.